The van der Waals surface area contributed by atoms with Crippen LogP contribution in [0.15, 0.2) is 18.2 Å². The average molecular weight is 333 g/mol. The molecule has 5 nitrogen and oxygen atoms in total. The number of carbonyl (C=O) groups is 1. The van der Waals surface area contributed by atoms with Gasteiger partial charge in [0, 0.05) is 11.8 Å². The van der Waals surface area contributed by atoms with Gasteiger partial charge in [-0.1, -0.05) is 0 Å². The van der Waals surface area contributed by atoms with E-state index >= 15 is 0 Å². The number of ether oxygens (including phenoxy) is 1. The first-order chi connectivity index (χ1) is 10.1. The third kappa shape index (κ3) is 3.61. The van der Waals surface area contributed by atoms with Gasteiger partial charge in [0.05, 0.1) is 25.0 Å². The van der Waals surface area contributed by atoms with Crippen LogP contribution < -0.4 is 5.32 Å². The van der Waals surface area contributed by atoms with Crippen molar-refractivity contribution in [2.45, 2.75) is 13.0 Å². The molecule has 1 heterocycles. The second-order valence-corrected chi connectivity index (χ2v) is 7.84. The quantitative estimate of drug-likeness (QED) is 0.879. The maximum atomic E-state index is 13.7. The summed E-state index contributed by atoms with van der Waals surface area (Å²) in [5, 5.41) is 2.54. The molecule has 0 radical (unpaired) electrons. The van der Waals surface area contributed by atoms with Crippen molar-refractivity contribution in [1.29, 1.82) is 0 Å². The largest absolute Gasteiger partial charge is 0.379 e. The van der Waals surface area contributed by atoms with Gasteiger partial charge in [0.2, 0.25) is 5.91 Å². The highest BCUT2D eigenvalue weighted by Crippen LogP contribution is 2.31. The second kappa shape index (κ2) is 5.92. The Kier molecular flexibility index (Phi) is 4.53. The molecule has 1 N–H and O–H groups in total. The first-order valence-electron chi connectivity index (χ1n) is 6.64. The lowest BCUT2D eigenvalue weighted by molar-refractivity contribution is -0.157. The van der Waals surface area contributed by atoms with E-state index in [1.165, 1.54) is 6.92 Å². The van der Waals surface area contributed by atoms with Crippen LogP contribution in [0.2, 0.25) is 0 Å². The number of sulfone groups is 1. The molecule has 1 atom stereocenters. The van der Waals surface area contributed by atoms with E-state index in [1.54, 1.807) is 0 Å². The van der Waals surface area contributed by atoms with Crippen LogP contribution >= 0.6 is 0 Å². The number of hydrogen-bond acceptors (Lipinski definition) is 4. The van der Waals surface area contributed by atoms with Crippen LogP contribution in [0.4, 0.5) is 8.78 Å². The zero-order valence-corrected chi connectivity index (χ0v) is 13.0. The second-order valence-electron chi connectivity index (χ2n) is 5.70. The molecule has 0 aromatic heterocycles. The SMILES string of the molecule is CC(NC(=O)C1(CS(C)(=O)=O)COC1)c1cc(F)ccc1F. The molecule has 1 saturated heterocycles. The summed E-state index contributed by atoms with van der Waals surface area (Å²) in [7, 11) is -3.38. The number of nitrogens with one attached hydrogen (secondary N) is 1. The minimum atomic E-state index is -3.38. The van der Waals surface area contributed by atoms with E-state index in [4.69, 9.17) is 4.74 Å². The lowest BCUT2D eigenvalue weighted by atomic mass is 9.86. The highest BCUT2D eigenvalue weighted by atomic mass is 32.2. The van der Waals surface area contributed by atoms with Gasteiger partial charge in [-0.3, -0.25) is 4.79 Å². The van der Waals surface area contributed by atoms with Gasteiger partial charge in [0.1, 0.15) is 26.9 Å². The predicted octanol–water partition coefficient (Wildman–Crippen LogP) is 1.20. The molecular weight excluding hydrogens is 316 g/mol. The van der Waals surface area contributed by atoms with E-state index in [0.717, 1.165) is 24.5 Å². The van der Waals surface area contributed by atoms with E-state index < -0.39 is 38.8 Å². The molecule has 0 spiro atoms. The monoisotopic (exact) mass is 333 g/mol. The van der Waals surface area contributed by atoms with Crippen molar-refractivity contribution in [2.24, 2.45) is 5.41 Å². The van der Waals surface area contributed by atoms with Gasteiger partial charge < -0.3 is 10.1 Å². The highest BCUT2D eigenvalue weighted by Gasteiger charge is 2.48. The minimum absolute atomic E-state index is 0.00287. The predicted molar refractivity (Wildman–Crippen MR) is 75.9 cm³/mol. The summed E-state index contributed by atoms with van der Waals surface area (Å²) in [5.74, 6) is -2.14. The number of benzene rings is 1. The molecule has 22 heavy (non-hydrogen) atoms. The van der Waals surface area contributed by atoms with Crippen molar-refractivity contribution in [1.82, 2.24) is 5.32 Å². The lowest BCUT2D eigenvalue weighted by Crippen LogP contribution is -2.57. The van der Waals surface area contributed by atoms with Crippen molar-refractivity contribution in [3.63, 3.8) is 0 Å². The Morgan fingerprint density at radius 2 is 2.05 bits per heavy atom. The minimum Gasteiger partial charge on any atom is -0.379 e. The fourth-order valence-electron chi connectivity index (χ4n) is 2.40. The van der Waals surface area contributed by atoms with E-state index in [2.05, 4.69) is 5.32 Å². The molecule has 2 rings (SSSR count). The Morgan fingerprint density at radius 3 is 2.55 bits per heavy atom. The van der Waals surface area contributed by atoms with Crippen LogP contribution in [0.5, 0.6) is 0 Å². The molecule has 0 saturated carbocycles. The number of rotatable bonds is 5. The fraction of sp³-hybridized carbons (Fsp3) is 0.500. The van der Waals surface area contributed by atoms with Crippen molar-refractivity contribution in [3.8, 4) is 0 Å². The third-order valence-corrected chi connectivity index (χ3v) is 4.63. The summed E-state index contributed by atoms with van der Waals surface area (Å²) in [6, 6.07) is 2.17. The third-order valence-electron chi connectivity index (χ3n) is 3.55. The number of amides is 1. The number of hydrogen-bond donors (Lipinski definition) is 1. The zero-order chi connectivity index (χ0) is 16.5. The standard InChI is InChI=1S/C14H17F2NO4S/c1-9(11-5-10(15)3-4-12(11)16)17-13(18)14(6-21-7-14)8-22(2,19)20/h3-5,9H,6-8H2,1-2H3,(H,17,18). The molecule has 0 aliphatic carbocycles. The van der Waals surface area contributed by atoms with Gasteiger partial charge >= 0.3 is 0 Å². The Morgan fingerprint density at radius 1 is 1.41 bits per heavy atom. The van der Waals surface area contributed by atoms with E-state index in [9.17, 15) is 22.0 Å². The summed E-state index contributed by atoms with van der Waals surface area (Å²) in [6.45, 7) is 1.48. The lowest BCUT2D eigenvalue weighted by Gasteiger charge is -2.39. The molecule has 1 fully saturated rings. The van der Waals surface area contributed by atoms with Crippen LogP contribution in [-0.2, 0) is 19.4 Å². The molecule has 8 heteroatoms. The van der Waals surface area contributed by atoms with E-state index in [-0.39, 0.29) is 24.5 Å². The zero-order valence-electron chi connectivity index (χ0n) is 12.2. The topological polar surface area (TPSA) is 72.5 Å². The molecule has 1 amide bonds. The van der Waals surface area contributed by atoms with Crippen LogP contribution in [0.1, 0.15) is 18.5 Å². The van der Waals surface area contributed by atoms with Crippen molar-refractivity contribution in [2.75, 3.05) is 25.2 Å². The summed E-state index contributed by atoms with van der Waals surface area (Å²) >= 11 is 0. The summed E-state index contributed by atoms with van der Waals surface area (Å²) < 4.78 is 54.8. The van der Waals surface area contributed by atoms with E-state index in [0.29, 0.717) is 0 Å². The molecule has 1 aromatic rings. The Balaban J connectivity index is 2.15. The smallest absolute Gasteiger partial charge is 0.232 e. The number of halogens is 2. The molecule has 1 unspecified atom stereocenters. The average Bonchev–Trinajstić information content (AvgIpc) is 2.35. The van der Waals surface area contributed by atoms with Crippen LogP contribution in [0.3, 0.4) is 0 Å². The van der Waals surface area contributed by atoms with Crippen LogP contribution in [-0.4, -0.2) is 39.5 Å². The van der Waals surface area contributed by atoms with E-state index in [1.807, 2.05) is 0 Å². The molecule has 122 valence electrons. The molecule has 1 aliphatic heterocycles. The van der Waals surface area contributed by atoms with Crippen molar-refractivity contribution in [3.05, 3.63) is 35.4 Å². The fourth-order valence-corrected chi connectivity index (χ4v) is 3.71. The Labute approximate surface area is 127 Å². The van der Waals surface area contributed by atoms with Gasteiger partial charge in [-0.25, -0.2) is 17.2 Å². The molecule has 1 aliphatic rings. The van der Waals surface area contributed by atoms with Gasteiger partial charge in [0.25, 0.3) is 0 Å². The van der Waals surface area contributed by atoms with Crippen molar-refractivity contribution < 1.29 is 26.7 Å². The number of carbonyl (C=O) groups excluding carboxylic acids is 1. The first kappa shape index (κ1) is 16.8. The molecule has 0 bridgehead atoms. The molecule has 1 aromatic carbocycles. The molecular formula is C14H17F2NO4S. The van der Waals surface area contributed by atoms with Crippen LogP contribution in [0.25, 0.3) is 0 Å². The summed E-state index contributed by atoms with van der Waals surface area (Å²) in [6.07, 6.45) is 1.04. The van der Waals surface area contributed by atoms with Gasteiger partial charge in [-0.2, -0.15) is 0 Å². The van der Waals surface area contributed by atoms with Gasteiger partial charge in [-0.15, -0.1) is 0 Å². The van der Waals surface area contributed by atoms with Crippen molar-refractivity contribution >= 4 is 15.7 Å². The normalized spacial score (nSPS) is 18.4. The Hall–Kier alpha value is -1.54. The maximum Gasteiger partial charge on any atom is 0.232 e. The highest BCUT2D eigenvalue weighted by molar-refractivity contribution is 7.90. The first-order valence-corrected chi connectivity index (χ1v) is 8.70. The summed E-state index contributed by atoms with van der Waals surface area (Å²) in [5.41, 5.74) is -1.16. The Bertz CT molecular complexity index is 686. The van der Waals surface area contributed by atoms with Gasteiger partial charge in [-0.05, 0) is 25.1 Å². The summed E-state index contributed by atoms with van der Waals surface area (Å²) in [4.78, 5) is 12.3. The van der Waals surface area contributed by atoms with Crippen LogP contribution in [0, 0.1) is 17.0 Å². The van der Waals surface area contributed by atoms with Gasteiger partial charge in [0.15, 0.2) is 0 Å². The maximum absolute atomic E-state index is 13.7.